The van der Waals surface area contributed by atoms with E-state index in [1.807, 2.05) is 29.8 Å². The van der Waals surface area contributed by atoms with Gasteiger partial charge in [-0.15, -0.1) is 0 Å². The zero-order chi connectivity index (χ0) is 15.4. The number of nitrogens with two attached hydrogens (primary N) is 1. The summed E-state index contributed by atoms with van der Waals surface area (Å²) in [5.74, 6) is 6.38. The van der Waals surface area contributed by atoms with Crippen LogP contribution in [0.5, 0.6) is 0 Å². The van der Waals surface area contributed by atoms with E-state index in [4.69, 9.17) is 5.84 Å². The Labute approximate surface area is 122 Å². The van der Waals surface area contributed by atoms with Crippen molar-refractivity contribution in [1.82, 2.24) is 14.5 Å². The van der Waals surface area contributed by atoms with E-state index in [-0.39, 0.29) is 5.69 Å². The predicted molar refractivity (Wildman–Crippen MR) is 79.3 cm³/mol. The number of nitro benzene ring substituents is 1. The highest BCUT2D eigenvalue weighted by atomic mass is 16.6. The van der Waals surface area contributed by atoms with Crippen molar-refractivity contribution in [3.05, 3.63) is 52.1 Å². The number of benzene rings is 1. The van der Waals surface area contributed by atoms with Crippen LogP contribution in [-0.4, -0.2) is 26.4 Å². The number of nitrogen functional groups attached to an aromatic ring is 1. The van der Waals surface area contributed by atoms with Crippen LogP contribution in [0.15, 0.2) is 30.6 Å². The molecule has 0 saturated carbocycles. The van der Waals surface area contributed by atoms with Crippen molar-refractivity contribution < 1.29 is 4.92 Å². The zero-order valence-corrected chi connectivity index (χ0v) is 12.0. The Morgan fingerprint density at radius 2 is 2.24 bits per heavy atom. The molecule has 3 N–H and O–H groups in total. The highest BCUT2D eigenvalue weighted by Gasteiger charge is 2.13. The van der Waals surface area contributed by atoms with Crippen LogP contribution < -0.4 is 11.3 Å². The van der Waals surface area contributed by atoms with E-state index in [0.29, 0.717) is 18.8 Å². The largest absolute Gasteiger partial charge is 0.337 e. The highest BCUT2D eigenvalue weighted by Crippen LogP contribution is 2.23. The molecule has 0 bridgehead atoms. The summed E-state index contributed by atoms with van der Waals surface area (Å²) in [5.41, 5.74) is 4.06. The standard InChI is InChI=1S/C13H18N6O2/c1-17(9-13-15-5-6-18(13)2)8-10-7-11(19(20)21)3-4-12(10)16-14/h3-7,16H,8-9,14H2,1-2H3. The number of rotatable bonds is 6. The van der Waals surface area contributed by atoms with Gasteiger partial charge in [0.1, 0.15) is 5.82 Å². The maximum Gasteiger partial charge on any atom is 0.269 e. The molecular formula is C13H18N6O2. The summed E-state index contributed by atoms with van der Waals surface area (Å²) in [7, 11) is 3.85. The lowest BCUT2D eigenvalue weighted by Gasteiger charge is -2.18. The lowest BCUT2D eigenvalue weighted by Crippen LogP contribution is -2.21. The van der Waals surface area contributed by atoms with Gasteiger partial charge in [0.05, 0.1) is 17.2 Å². The number of nitrogens with zero attached hydrogens (tertiary/aromatic N) is 4. The van der Waals surface area contributed by atoms with E-state index in [1.165, 1.54) is 12.1 Å². The van der Waals surface area contributed by atoms with Crippen LogP contribution >= 0.6 is 0 Å². The van der Waals surface area contributed by atoms with Gasteiger partial charge in [-0.3, -0.25) is 20.9 Å². The molecule has 0 aliphatic carbocycles. The second-order valence-electron chi connectivity index (χ2n) is 4.87. The Morgan fingerprint density at radius 3 is 2.81 bits per heavy atom. The van der Waals surface area contributed by atoms with Gasteiger partial charge in [-0.1, -0.05) is 0 Å². The van der Waals surface area contributed by atoms with Gasteiger partial charge in [-0.25, -0.2) is 4.98 Å². The van der Waals surface area contributed by atoms with Gasteiger partial charge in [0.15, 0.2) is 0 Å². The Bertz CT molecular complexity index is 639. The number of nitrogens with one attached hydrogen (secondary N) is 1. The fraction of sp³-hybridized carbons (Fsp3) is 0.308. The van der Waals surface area contributed by atoms with Crippen molar-refractivity contribution in [2.45, 2.75) is 13.1 Å². The molecule has 112 valence electrons. The molecule has 0 unspecified atom stereocenters. The molecule has 8 heteroatoms. The summed E-state index contributed by atoms with van der Waals surface area (Å²) in [5, 5.41) is 10.9. The number of aromatic nitrogens is 2. The molecular weight excluding hydrogens is 272 g/mol. The highest BCUT2D eigenvalue weighted by molar-refractivity contribution is 5.55. The van der Waals surface area contributed by atoms with Crippen LogP contribution in [0.4, 0.5) is 11.4 Å². The van der Waals surface area contributed by atoms with Gasteiger partial charge in [0.25, 0.3) is 5.69 Å². The Morgan fingerprint density at radius 1 is 1.48 bits per heavy atom. The van der Waals surface area contributed by atoms with E-state index < -0.39 is 4.92 Å². The Hall–Kier alpha value is -2.45. The number of non-ortho nitro benzene ring substituents is 1. The molecule has 0 amide bonds. The van der Waals surface area contributed by atoms with Crippen LogP contribution in [0, 0.1) is 10.1 Å². The second-order valence-corrected chi connectivity index (χ2v) is 4.87. The van der Waals surface area contributed by atoms with E-state index in [9.17, 15) is 10.1 Å². The molecule has 2 rings (SSSR count). The van der Waals surface area contributed by atoms with E-state index >= 15 is 0 Å². The molecule has 0 atom stereocenters. The summed E-state index contributed by atoms with van der Waals surface area (Å²) in [6.45, 7) is 1.16. The number of aryl methyl sites for hydroxylation is 1. The first-order valence-corrected chi connectivity index (χ1v) is 6.40. The summed E-state index contributed by atoms with van der Waals surface area (Å²) in [6, 6.07) is 4.57. The second kappa shape index (κ2) is 6.33. The van der Waals surface area contributed by atoms with Crippen molar-refractivity contribution in [2.24, 2.45) is 12.9 Å². The van der Waals surface area contributed by atoms with Gasteiger partial charge in [-0.2, -0.15) is 0 Å². The van der Waals surface area contributed by atoms with Crippen molar-refractivity contribution >= 4 is 11.4 Å². The maximum atomic E-state index is 10.9. The van der Waals surface area contributed by atoms with Crippen molar-refractivity contribution in [2.75, 3.05) is 12.5 Å². The van der Waals surface area contributed by atoms with Crippen LogP contribution in [0.25, 0.3) is 0 Å². The first-order valence-electron chi connectivity index (χ1n) is 6.40. The molecule has 1 aromatic heterocycles. The van der Waals surface area contributed by atoms with Crippen LogP contribution in [0.1, 0.15) is 11.4 Å². The minimum Gasteiger partial charge on any atom is -0.337 e. The smallest absolute Gasteiger partial charge is 0.269 e. The van der Waals surface area contributed by atoms with Crippen LogP contribution in [-0.2, 0) is 20.1 Å². The molecule has 8 nitrogen and oxygen atoms in total. The predicted octanol–water partition coefficient (Wildman–Crippen LogP) is 1.25. The minimum atomic E-state index is -0.414. The first-order chi connectivity index (χ1) is 10.0. The van der Waals surface area contributed by atoms with Crippen molar-refractivity contribution in [1.29, 1.82) is 0 Å². The van der Waals surface area contributed by atoms with Gasteiger partial charge in [-0.05, 0) is 18.7 Å². The summed E-state index contributed by atoms with van der Waals surface area (Å²) < 4.78 is 1.94. The molecule has 2 aromatic rings. The third-order valence-electron chi connectivity index (χ3n) is 3.23. The number of hydrogen-bond donors (Lipinski definition) is 2. The molecule has 0 fully saturated rings. The van der Waals surface area contributed by atoms with Gasteiger partial charge in [0, 0.05) is 38.1 Å². The molecule has 21 heavy (non-hydrogen) atoms. The molecule has 0 spiro atoms. The molecule has 1 heterocycles. The fourth-order valence-corrected chi connectivity index (χ4v) is 2.10. The Kier molecular flexibility index (Phi) is 4.51. The average Bonchev–Trinajstić information content (AvgIpc) is 2.84. The maximum absolute atomic E-state index is 10.9. The SMILES string of the molecule is CN(Cc1cc([N+](=O)[O-])ccc1NN)Cc1nccn1C. The quantitative estimate of drug-likeness (QED) is 0.471. The summed E-state index contributed by atoms with van der Waals surface area (Å²) in [6.07, 6.45) is 3.62. The fourth-order valence-electron chi connectivity index (χ4n) is 2.10. The summed E-state index contributed by atoms with van der Waals surface area (Å²) in [4.78, 5) is 16.7. The van der Waals surface area contributed by atoms with Crippen molar-refractivity contribution in [3.8, 4) is 0 Å². The third-order valence-corrected chi connectivity index (χ3v) is 3.23. The Balaban J connectivity index is 2.15. The molecule has 0 saturated heterocycles. The van der Waals surface area contributed by atoms with E-state index in [2.05, 4.69) is 10.4 Å². The normalized spacial score (nSPS) is 10.9. The minimum absolute atomic E-state index is 0.0504. The molecule has 0 aliphatic heterocycles. The third kappa shape index (κ3) is 3.56. The molecule has 0 aliphatic rings. The first kappa shape index (κ1) is 14.9. The zero-order valence-electron chi connectivity index (χ0n) is 12.0. The number of hydrogen-bond acceptors (Lipinski definition) is 6. The average molecular weight is 290 g/mol. The summed E-state index contributed by atoms with van der Waals surface area (Å²) >= 11 is 0. The number of hydrazine groups is 1. The van der Waals surface area contributed by atoms with Crippen LogP contribution in [0.3, 0.4) is 0 Å². The number of nitro groups is 1. The lowest BCUT2D eigenvalue weighted by molar-refractivity contribution is -0.384. The number of anilines is 1. The van der Waals surface area contributed by atoms with Crippen LogP contribution in [0.2, 0.25) is 0 Å². The monoisotopic (exact) mass is 290 g/mol. The van der Waals surface area contributed by atoms with Gasteiger partial charge < -0.3 is 9.99 Å². The topological polar surface area (TPSA) is 102 Å². The van der Waals surface area contributed by atoms with Gasteiger partial charge >= 0.3 is 0 Å². The van der Waals surface area contributed by atoms with Gasteiger partial charge in [0.2, 0.25) is 0 Å². The van der Waals surface area contributed by atoms with Crippen molar-refractivity contribution in [3.63, 3.8) is 0 Å². The lowest BCUT2D eigenvalue weighted by atomic mass is 10.1. The van der Waals surface area contributed by atoms with E-state index in [1.54, 1.807) is 12.3 Å². The number of imidazole rings is 1. The van der Waals surface area contributed by atoms with E-state index in [0.717, 1.165) is 11.4 Å². The molecule has 1 aromatic carbocycles. The molecule has 0 radical (unpaired) electrons.